The van der Waals surface area contributed by atoms with Crippen molar-refractivity contribution in [3.63, 3.8) is 0 Å². The van der Waals surface area contributed by atoms with Crippen LogP contribution in [0.15, 0.2) is 45.9 Å². The molecule has 29 heavy (non-hydrogen) atoms. The lowest BCUT2D eigenvalue weighted by Gasteiger charge is -2.35. The zero-order valence-corrected chi connectivity index (χ0v) is 16.6. The van der Waals surface area contributed by atoms with Crippen LogP contribution in [0, 0.1) is 13.8 Å². The minimum absolute atomic E-state index is 0.00272. The first-order chi connectivity index (χ1) is 14.0. The van der Waals surface area contributed by atoms with Crippen molar-refractivity contribution in [2.45, 2.75) is 45.7 Å². The number of rotatable bonds is 5. The monoisotopic (exact) mass is 396 g/mol. The number of furan rings is 2. The van der Waals surface area contributed by atoms with Crippen LogP contribution >= 0.6 is 0 Å². The Morgan fingerprint density at radius 1 is 1.14 bits per heavy atom. The first kappa shape index (κ1) is 19.0. The molecule has 2 amide bonds. The van der Waals surface area contributed by atoms with E-state index in [1.54, 1.807) is 49.3 Å². The molecule has 0 saturated carbocycles. The Kier molecular flexibility index (Phi) is 5.24. The molecular weight excluding hydrogens is 372 g/mol. The molecule has 0 aromatic carbocycles. The molecular formula is C21H24N4O4. The molecule has 0 radical (unpaired) electrons. The molecule has 0 bridgehead atoms. The lowest BCUT2D eigenvalue weighted by molar-refractivity contribution is 0.0582. The molecule has 1 saturated heterocycles. The topological polar surface area (TPSA) is 93.5 Å². The summed E-state index contributed by atoms with van der Waals surface area (Å²) < 4.78 is 12.2. The first-order valence-corrected chi connectivity index (χ1v) is 9.76. The summed E-state index contributed by atoms with van der Waals surface area (Å²) in [4.78, 5) is 27.2. The molecule has 152 valence electrons. The minimum atomic E-state index is -0.235. The summed E-state index contributed by atoms with van der Waals surface area (Å²) in [5.74, 6) is 0.969. The Labute approximate surface area is 168 Å². The molecule has 3 aromatic heterocycles. The summed E-state index contributed by atoms with van der Waals surface area (Å²) >= 11 is 0. The van der Waals surface area contributed by atoms with E-state index >= 15 is 0 Å². The fourth-order valence-corrected chi connectivity index (χ4v) is 3.78. The molecule has 1 aliphatic heterocycles. The maximum Gasteiger partial charge on any atom is 0.259 e. The van der Waals surface area contributed by atoms with Gasteiger partial charge < -0.3 is 19.1 Å². The third-order valence-corrected chi connectivity index (χ3v) is 5.37. The highest BCUT2D eigenvalue weighted by atomic mass is 16.3. The molecule has 1 fully saturated rings. The summed E-state index contributed by atoms with van der Waals surface area (Å²) in [6.45, 7) is 4.84. The van der Waals surface area contributed by atoms with Crippen molar-refractivity contribution in [3.05, 3.63) is 59.7 Å². The number of nitrogens with one attached hydrogen (secondary N) is 1. The number of anilines is 1. The van der Waals surface area contributed by atoms with Gasteiger partial charge in [-0.3, -0.25) is 14.3 Å². The van der Waals surface area contributed by atoms with Crippen LogP contribution in [-0.2, 0) is 6.54 Å². The number of amides is 2. The summed E-state index contributed by atoms with van der Waals surface area (Å²) in [6.07, 6.45) is 9.41. The highest BCUT2D eigenvalue weighted by Crippen LogP contribution is 2.23. The second-order valence-corrected chi connectivity index (χ2v) is 7.33. The van der Waals surface area contributed by atoms with Gasteiger partial charge in [0.2, 0.25) is 0 Å². The van der Waals surface area contributed by atoms with Crippen molar-refractivity contribution in [2.75, 3.05) is 11.9 Å². The molecule has 8 heteroatoms. The average molecular weight is 396 g/mol. The fourth-order valence-electron chi connectivity index (χ4n) is 3.78. The third kappa shape index (κ3) is 3.96. The van der Waals surface area contributed by atoms with E-state index in [1.165, 1.54) is 6.26 Å². The SMILES string of the molecule is Cc1occc1C(=O)Nc1cnn(C[C@H]2CCCCN2C(=O)c2ccoc2C)c1. The Balaban J connectivity index is 1.44. The fraction of sp³-hybridized carbons (Fsp3) is 0.381. The Hall–Kier alpha value is -3.29. The number of carbonyl (C=O) groups is 2. The molecule has 1 atom stereocenters. The number of aryl methyl sites for hydroxylation is 2. The van der Waals surface area contributed by atoms with Gasteiger partial charge in [-0.1, -0.05) is 0 Å². The lowest BCUT2D eigenvalue weighted by Crippen LogP contribution is -2.46. The van der Waals surface area contributed by atoms with Crippen molar-refractivity contribution in [1.29, 1.82) is 0 Å². The van der Waals surface area contributed by atoms with Gasteiger partial charge in [-0.25, -0.2) is 0 Å². The number of piperidine rings is 1. The second-order valence-electron chi connectivity index (χ2n) is 7.33. The normalized spacial score (nSPS) is 16.8. The Morgan fingerprint density at radius 3 is 2.55 bits per heavy atom. The number of carbonyl (C=O) groups excluding carboxylic acids is 2. The number of likely N-dealkylation sites (tertiary alicyclic amines) is 1. The molecule has 0 spiro atoms. The average Bonchev–Trinajstić information content (AvgIpc) is 3.43. The second kappa shape index (κ2) is 7.98. The van der Waals surface area contributed by atoms with E-state index in [1.807, 2.05) is 4.90 Å². The van der Waals surface area contributed by atoms with E-state index in [2.05, 4.69) is 10.4 Å². The van der Waals surface area contributed by atoms with Crippen LogP contribution in [0.3, 0.4) is 0 Å². The smallest absolute Gasteiger partial charge is 0.259 e. The zero-order chi connectivity index (χ0) is 20.4. The maximum atomic E-state index is 13.0. The van der Waals surface area contributed by atoms with Crippen LogP contribution in [0.4, 0.5) is 5.69 Å². The van der Waals surface area contributed by atoms with Gasteiger partial charge in [0.1, 0.15) is 11.5 Å². The molecule has 3 aromatic rings. The van der Waals surface area contributed by atoms with Crippen LogP contribution in [0.1, 0.15) is 51.5 Å². The Morgan fingerprint density at radius 2 is 1.86 bits per heavy atom. The van der Waals surface area contributed by atoms with Crippen LogP contribution in [0.5, 0.6) is 0 Å². The minimum Gasteiger partial charge on any atom is -0.469 e. The summed E-state index contributed by atoms with van der Waals surface area (Å²) in [6, 6.07) is 3.41. The number of nitrogens with zero attached hydrogens (tertiary/aromatic N) is 3. The van der Waals surface area contributed by atoms with Crippen LogP contribution < -0.4 is 5.32 Å². The largest absolute Gasteiger partial charge is 0.469 e. The predicted molar refractivity (Wildman–Crippen MR) is 106 cm³/mol. The van der Waals surface area contributed by atoms with Gasteiger partial charge in [0.25, 0.3) is 11.8 Å². The van der Waals surface area contributed by atoms with Crippen LogP contribution in [-0.4, -0.2) is 39.1 Å². The number of hydrogen-bond acceptors (Lipinski definition) is 5. The molecule has 4 heterocycles. The maximum absolute atomic E-state index is 13.0. The van der Waals surface area contributed by atoms with Gasteiger partial charge in [-0.15, -0.1) is 0 Å². The predicted octanol–water partition coefficient (Wildman–Crippen LogP) is 3.63. The van der Waals surface area contributed by atoms with Crippen molar-refractivity contribution in [1.82, 2.24) is 14.7 Å². The standard InChI is InChI=1S/C21H24N4O4/c1-14-18(6-9-28-14)20(26)23-16-11-22-24(12-16)13-17-5-3-4-8-25(17)21(27)19-7-10-29-15(19)2/h6-7,9-12,17H,3-5,8,13H2,1-2H3,(H,23,26)/t17-/m1/s1. The van der Waals surface area contributed by atoms with Gasteiger partial charge in [0.15, 0.2) is 0 Å². The molecule has 1 aliphatic rings. The zero-order valence-electron chi connectivity index (χ0n) is 16.6. The lowest BCUT2D eigenvalue weighted by atomic mass is 10.0. The van der Waals surface area contributed by atoms with Crippen molar-refractivity contribution in [3.8, 4) is 0 Å². The molecule has 0 aliphatic carbocycles. The summed E-state index contributed by atoms with van der Waals surface area (Å²) in [5, 5.41) is 7.19. The Bertz CT molecular complexity index is 1020. The van der Waals surface area contributed by atoms with E-state index in [-0.39, 0.29) is 17.9 Å². The van der Waals surface area contributed by atoms with Crippen LogP contribution in [0.2, 0.25) is 0 Å². The number of hydrogen-bond donors (Lipinski definition) is 1. The molecule has 4 rings (SSSR count). The first-order valence-electron chi connectivity index (χ1n) is 9.76. The molecule has 8 nitrogen and oxygen atoms in total. The summed E-state index contributed by atoms with van der Waals surface area (Å²) in [7, 11) is 0. The highest BCUT2D eigenvalue weighted by molar-refractivity contribution is 6.04. The summed E-state index contributed by atoms with van der Waals surface area (Å²) in [5.41, 5.74) is 1.72. The van der Waals surface area contributed by atoms with Crippen molar-refractivity contribution >= 4 is 17.5 Å². The van der Waals surface area contributed by atoms with Crippen molar-refractivity contribution < 1.29 is 18.4 Å². The quantitative estimate of drug-likeness (QED) is 0.711. The third-order valence-electron chi connectivity index (χ3n) is 5.37. The molecule has 1 N–H and O–H groups in total. The van der Waals surface area contributed by atoms with E-state index in [0.717, 1.165) is 25.8 Å². The number of aromatic nitrogens is 2. The van der Waals surface area contributed by atoms with Gasteiger partial charge in [-0.2, -0.15) is 5.10 Å². The van der Waals surface area contributed by atoms with Gasteiger partial charge >= 0.3 is 0 Å². The van der Waals surface area contributed by atoms with E-state index < -0.39 is 0 Å². The van der Waals surface area contributed by atoms with Crippen molar-refractivity contribution in [2.24, 2.45) is 0 Å². The van der Waals surface area contributed by atoms with E-state index in [0.29, 0.717) is 34.9 Å². The van der Waals surface area contributed by atoms with Gasteiger partial charge in [-0.05, 0) is 45.2 Å². The molecule has 0 unspecified atom stereocenters. The van der Waals surface area contributed by atoms with Gasteiger partial charge in [0, 0.05) is 12.7 Å². The van der Waals surface area contributed by atoms with Gasteiger partial charge in [0.05, 0.1) is 48.1 Å². The van der Waals surface area contributed by atoms with E-state index in [4.69, 9.17) is 8.83 Å². The van der Waals surface area contributed by atoms with E-state index in [9.17, 15) is 9.59 Å². The highest BCUT2D eigenvalue weighted by Gasteiger charge is 2.29. The van der Waals surface area contributed by atoms with Crippen LogP contribution in [0.25, 0.3) is 0 Å².